The molecule has 2 aliphatic heterocycles. The molecule has 1 unspecified atom stereocenters. The lowest BCUT2D eigenvalue weighted by atomic mass is 9.94. The third-order valence-electron chi connectivity index (χ3n) is 12.3. The van der Waals surface area contributed by atoms with Gasteiger partial charge in [0.25, 0.3) is 0 Å². The molecule has 0 aromatic rings. The Balaban J connectivity index is 1.41. The minimum absolute atomic E-state index is 0.100. The topological polar surface area (TPSA) is 112 Å². The summed E-state index contributed by atoms with van der Waals surface area (Å²) in [5.41, 5.74) is 0. The normalized spacial score (nSPS) is 16.1. The number of nitrogens with zero attached hydrogens (tertiary/aromatic N) is 2. The van der Waals surface area contributed by atoms with Crippen LogP contribution in [0.25, 0.3) is 0 Å². The lowest BCUT2D eigenvalue weighted by Gasteiger charge is -2.32. The van der Waals surface area contributed by atoms with Gasteiger partial charge in [-0.15, -0.1) is 0 Å². The first kappa shape index (κ1) is 54.6. The van der Waals surface area contributed by atoms with Gasteiger partial charge in [-0.25, -0.2) is 0 Å². The summed E-state index contributed by atoms with van der Waals surface area (Å²) in [5.74, 6) is 2.71. The Morgan fingerprint density at radius 2 is 0.850 bits per heavy atom. The second-order valence-electron chi connectivity index (χ2n) is 17.5. The predicted octanol–water partition coefficient (Wildman–Crippen LogP) is 11.2. The van der Waals surface area contributed by atoms with E-state index in [1.165, 1.54) is 64.2 Å². The highest BCUT2D eigenvalue weighted by Gasteiger charge is 2.22. The highest BCUT2D eigenvalue weighted by atomic mass is 33.1. The molecule has 1 atom stereocenters. The number of hydrogen-bond acceptors (Lipinski definition) is 12. The van der Waals surface area contributed by atoms with Crippen LogP contribution in [0.4, 0.5) is 0 Å². The largest absolute Gasteiger partial charge is 0.466 e. The number of carbonyl (C=O) groups is 4. The van der Waals surface area contributed by atoms with E-state index in [1.54, 1.807) is 0 Å². The number of esters is 4. The quantitative estimate of drug-likeness (QED) is 0.0255. The lowest BCUT2D eigenvalue weighted by molar-refractivity contribution is -0.151. The van der Waals surface area contributed by atoms with Crippen LogP contribution in [0.5, 0.6) is 0 Å². The highest BCUT2D eigenvalue weighted by molar-refractivity contribution is 8.76. The standard InChI is InChI=1S/C48H88N2O8S2/c1-4-7-10-13-14-16-19-44(18-15-11-8-5-2)41-58-48(54)23-22-47(53)57-38-29-43-26-32-50(33-27-43)35-40-60-59-39-34-49-30-24-42(25-31-49)28-37-56-46(52)21-20-45(51)55-36-17-12-9-6-3/h42-44H,4-41H2,1-3H3. The first-order chi connectivity index (χ1) is 29.3. The highest BCUT2D eigenvalue weighted by Crippen LogP contribution is 2.26. The van der Waals surface area contributed by atoms with Crippen molar-refractivity contribution >= 4 is 45.5 Å². The zero-order chi connectivity index (χ0) is 43.3. The average molecular weight is 885 g/mol. The number of unbranched alkanes of at least 4 members (excludes halogenated alkanes) is 11. The Labute approximate surface area is 374 Å². The Morgan fingerprint density at radius 3 is 1.30 bits per heavy atom. The van der Waals surface area contributed by atoms with Gasteiger partial charge in [-0.05, 0) is 102 Å². The SMILES string of the molecule is CCCCCCCCC(CCCCCC)COC(=O)CCC(=O)OCCC1CCN(CCSSCCN2CCC(CCOC(=O)CCC(=O)OCCCCCC)CC2)CC1. The van der Waals surface area contributed by atoms with E-state index in [-0.39, 0.29) is 49.6 Å². The first-order valence-corrected chi connectivity index (χ1v) is 27.1. The molecule has 0 aromatic carbocycles. The van der Waals surface area contributed by atoms with Crippen molar-refractivity contribution in [2.75, 3.05) is 77.2 Å². The molecule has 2 saturated heterocycles. The molecule has 0 radical (unpaired) electrons. The molecule has 0 amide bonds. The lowest BCUT2D eigenvalue weighted by Crippen LogP contribution is -2.36. The maximum atomic E-state index is 12.5. The van der Waals surface area contributed by atoms with E-state index < -0.39 is 0 Å². The van der Waals surface area contributed by atoms with Gasteiger partial charge < -0.3 is 28.7 Å². The molecule has 350 valence electrons. The van der Waals surface area contributed by atoms with Crippen molar-refractivity contribution in [3.63, 3.8) is 0 Å². The Morgan fingerprint density at radius 1 is 0.483 bits per heavy atom. The van der Waals surface area contributed by atoms with Gasteiger partial charge in [0.15, 0.2) is 0 Å². The van der Waals surface area contributed by atoms with E-state index in [9.17, 15) is 19.2 Å². The summed E-state index contributed by atoms with van der Waals surface area (Å²) in [6, 6.07) is 0. The summed E-state index contributed by atoms with van der Waals surface area (Å²) < 4.78 is 21.8. The fraction of sp³-hybridized carbons (Fsp3) is 0.917. The van der Waals surface area contributed by atoms with Gasteiger partial charge in [-0.2, -0.15) is 0 Å². The van der Waals surface area contributed by atoms with Crippen molar-refractivity contribution in [2.45, 2.75) is 188 Å². The molecule has 10 nitrogen and oxygen atoms in total. The smallest absolute Gasteiger partial charge is 0.306 e. The maximum Gasteiger partial charge on any atom is 0.306 e. The van der Waals surface area contributed by atoms with E-state index in [1.807, 2.05) is 21.6 Å². The van der Waals surface area contributed by atoms with Crippen LogP contribution in [0.1, 0.15) is 188 Å². The number of rotatable bonds is 38. The molecule has 0 spiro atoms. The number of likely N-dealkylation sites (tertiary alicyclic amines) is 2. The van der Waals surface area contributed by atoms with Crippen LogP contribution >= 0.6 is 21.6 Å². The average Bonchev–Trinajstić information content (AvgIpc) is 3.25. The van der Waals surface area contributed by atoms with Gasteiger partial charge in [0, 0.05) is 24.6 Å². The Bertz CT molecular complexity index is 1080. The maximum absolute atomic E-state index is 12.5. The number of hydrogen-bond donors (Lipinski definition) is 0. The third-order valence-corrected chi connectivity index (χ3v) is 14.7. The number of ether oxygens (including phenoxy) is 4. The summed E-state index contributed by atoms with van der Waals surface area (Å²) >= 11 is 0. The van der Waals surface area contributed by atoms with Crippen LogP contribution < -0.4 is 0 Å². The summed E-state index contributed by atoms with van der Waals surface area (Å²) in [7, 11) is 3.96. The molecule has 0 N–H and O–H groups in total. The minimum Gasteiger partial charge on any atom is -0.466 e. The molecular formula is C48H88N2O8S2. The van der Waals surface area contributed by atoms with Crippen LogP contribution in [-0.4, -0.2) is 111 Å². The van der Waals surface area contributed by atoms with E-state index in [0.717, 1.165) is 128 Å². The van der Waals surface area contributed by atoms with Crippen LogP contribution in [-0.2, 0) is 38.1 Å². The fourth-order valence-electron chi connectivity index (χ4n) is 8.13. The Hall–Kier alpha value is -1.50. The predicted molar refractivity (Wildman–Crippen MR) is 249 cm³/mol. The monoisotopic (exact) mass is 885 g/mol. The van der Waals surface area contributed by atoms with E-state index >= 15 is 0 Å². The third kappa shape index (κ3) is 30.5. The summed E-state index contributed by atoms with van der Waals surface area (Å²) in [6.45, 7) is 15.1. The fourth-order valence-corrected chi connectivity index (χ4v) is 10.2. The molecule has 0 saturated carbocycles. The van der Waals surface area contributed by atoms with Gasteiger partial charge in [-0.3, -0.25) is 19.2 Å². The second-order valence-corrected chi connectivity index (χ2v) is 20.2. The van der Waals surface area contributed by atoms with E-state index in [4.69, 9.17) is 18.9 Å². The molecular weight excluding hydrogens is 797 g/mol. The zero-order valence-electron chi connectivity index (χ0n) is 38.6. The molecule has 0 bridgehead atoms. The molecule has 12 heteroatoms. The van der Waals surface area contributed by atoms with Gasteiger partial charge in [0.2, 0.25) is 0 Å². The minimum atomic E-state index is -0.309. The van der Waals surface area contributed by atoms with Gasteiger partial charge in [0.1, 0.15) is 0 Å². The molecule has 2 fully saturated rings. The summed E-state index contributed by atoms with van der Waals surface area (Å²) in [6.07, 6.45) is 25.9. The van der Waals surface area contributed by atoms with Crippen LogP contribution in [0.2, 0.25) is 0 Å². The second kappa shape index (κ2) is 38.0. The van der Waals surface area contributed by atoms with Crippen molar-refractivity contribution in [3.05, 3.63) is 0 Å². The number of piperidine rings is 2. The van der Waals surface area contributed by atoms with Crippen LogP contribution in [0.3, 0.4) is 0 Å². The van der Waals surface area contributed by atoms with Crippen molar-refractivity contribution in [2.24, 2.45) is 17.8 Å². The van der Waals surface area contributed by atoms with Gasteiger partial charge in [0.05, 0.1) is 52.1 Å². The van der Waals surface area contributed by atoms with E-state index in [0.29, 0.717) is 44.2 Å². The first-order valence-electron chi connectivity index (χ1n) is 24.6. The molecule has 0 aromatic heterocycles. The molecule has 2 aliphatic rings. The van der Waals surface area contributed by atoms with Crippen LogP contribution in [0, 0.1) is 17.8 Å². The van der Waals surface area contributed by atoms with Crippen molar-refractivity contribution in [1.82, 2.24) is 9.80 Å². The molecule has 0 aliphatic carbocycles. The van der Waals surface area contributed by atoms with Crippen molar-refractivity contribution in [3.8, 4) is 0 Å². The van der Waals surface area contributed by atoms with E-state index in [2.05, 4.69) is 30.6 Å². The van der Waals surface area contributed by atoms with Crippen molar-refractivity contribution < 1.29 is 38.1 Å². The summed E-state index contributed by atoms with van der Waals surface area (Å²) in [5, 5.41) is 0. The Kier molecular flexibility index (Phi) is 34.6. The van der Waals surface area contributed by atoms with Crippen molar-refractivity contribution in [1.29, 1.82) is 0 Å². The van der Waals surface area contributed by atoms with Crippen LogP contribution in [0.15, 0.2) is 0 Å². The molecule has 2 rings (SSSR count). The molecule has 60 heavy (non-hydrogen) atoms. The van der Waals surface area contributed by atoms with Gasteiger partial charge in [-0.1, -0.05) is 126 Å². The molecule has 2 heterocycles. The van der Waals surface area contributed by atoms with Gasteiger partial charge >= 0.3 is 23.9 Å². The summed E-state index contributed by atoms with van der Waals surface area (Å²) in [4.78, 5) is 53.8. The zero-order valence-corrected chi connectivity index (χ0v) is 40.2. The number of carbonyl (C=O) groups excluding carboxylic acids is 4.